The SMILES string of the molecule is CCOC(=O)C1=C(N)OC2=C(C(=O)CC(C)(C)C2)[C@H]1c1ccc(N(C)C)cc1. The van der Waals surface area contributed by atoms with Crippen molar-refractivity contribution in [1.82, 2.24) is 0 Å². The number of nitrogens with two attached hydrogens (primary N) is 1. The Balaban J connectivity index is 2.14. The van der Waals surface area contributed by atoms with Gasteiger partial charge in [-0.15, -0.1) is 0 Å². The van der Waals surface area contributed by atoms with Crippen molar-refractivity contribution < 1.29 is 19.1 Å². The molecule has 150 valence electrons. The lowest BCUT2D eigenvalue weighted by molar-refractivity contribution is -0.139. The molecule has 0 radical (unpaired) electrons. The highest BCUT2D eigenvalue weighted by Crippen LogP contribution is 2.48. The molecule has 1 atom stereocenters. The third-order valence-electron chi connectivity index (χ3n) is 5.19. The number of ketones is 1. The second-order valence-corrected chi connectivity index (χ2v) is 8.30. The highest BCUT2D eigenvalue weighted by Gasteiger charge is 2.44. The number of ether oxygens (including phenoxy) is 2. The van der Waals surface area contributed by atoms with Crippen LogP contribution in [0.4, 0.5) is 5.69 Å². The summed E-state index contributed by atoms with van der Waals surface area (Å²) in [6.07, 6.45) is 0.995. The molecule has 1 aromatic rings. The van der Waals surface area contributed by atoms with Crippen LogP contribution in [0.15, 0.2) is 47.1 Å². The maximum atomic E-state index is 13.1. The molecule has 0 amide bonds. The molecule has 0 saturated heterocycles. The van der Waals surface area contributed by atoms with E-state index in [0.717, 1.165) is 11.3 Å². The third kappa shape index (κ3) is 3.63. The summed E-state index contributed by atoms with van der Waals surface area (Å²) in [4.78, 5) is 27.8. The fourth-order valence-corrected chi connectivity index (χ4v) is 3.89. The highest BCUT2D eigenvalue weighted by atomic mass is 16.5. The molecule has 6 nitrogen and oxygen atoms in total. The van der Waals surface area contributed by atoms with Crippen molar-refractivity contribution >= 4 is 17.4 Å². The number of hydrogen-bond acceptors (Lipinski definition) is 6. The number of Topliss-reactive ketones (excluding diaryl/α,β-unsaturated/α-hetero) is 1. The van der Waals surface area contributed by atoms with E-state index in [1.165, 1.54) is 0 Å². The molecule has 28 heavy (non-hydrogen) atoms. The Kier molecular flexibility index (Phi) is 5.24. The van der Waals surface area contributed by atoms with Crippen molar-refractivity contribution in [3.05, 3.63) is 52.6 Å². The molecule has 1 aliphatic carbocycles. The van der Waals surface area contributed by atoms with E-state index >= 15 is 0 Å². The monoisotopic (exact) mass is 384 g/mol. The molecule has 0 aromatic heterocycles. The Bertz CT molecular complexity index is 863. The maximum absolute atomic E-state index is 13.1. The van der Waals surface area contributed by atoms with E-state index in [1.807, 2.05) is 57.1 Å². The van der Waals surface area contributed by atoms with Gasteiger partial charge in [-0.1, -0.05) is 26.0 Å². The van der Waals surface area contributed by atoms with Crippen LogP contribution in [0.3, 0.4) is 0 Å². The van der Waals surface area contributed by atoms with E-state index in [9.17, 15) is 9.59 Å². The van der Waals surface area contributed by atoms with E-state index < -0.39 is 11.9 Å². The Morgan fingerprint density at radius 1 is 1.25 bits per heavy atom. The summed E-state index contributed by atoms with van der Waals surface area (Å²) in [5, 5.41) is 0. The lowest BCUT2D eigenvalue weighted by atomic mass is 9.70. The molecule has 0 saturated carbocycles. The maximum Gasteiger partial charge on any atom is 0.340 e. The largest absolute Gasteiger partial charge is 0.462 e. The van der Waals surface area contributed by atoms with Crippen molar-refractivity contribution in [2.75, 3.05) is 25.6 Å². The fourth-order valence-electron chi connectivity index (χ4n) is 3.89. The van der Waals surface area contributed by atoms with Gasteiger partial charge in [-0.3, -0.25) is 4.79 Å². The van der Waals surface area contributed by atoms with Crippen LogP contribution < -0.4 is 10.6 Å². The Morgan fingerprint density at radius 2 is 1.89 bits per heavy atom. The Hall–Kier alpha value is -2.76. The van der Waals surface area contributed by atoms with Crippen LogP contribution in [0.1, 0.15) is 45.1 Å². The fraction of sp³-hybridized carbons (Fsp3) is 0.455. The molecule has 0 fully saturated rings. The van der Waals surface area contributed by atoms with Gasteiger partial charge in [0, 0.05) is 38.2 Å². The Morgan fingerprint density at radius 3 is 2.46 bits per heavy atom. The topological polar surface area (TPSA) is 81.9 Å². The first-order valence-electron chi connectivity index (χ1n) is 9.52. The van der Waals surface area contributed by atoms with Gasteiger partial charge in [-0.25, -0.2) is 4.79 Å². The second kappa shape index (κ2) is 7.34. The number of carbonyl (C=O) groups excluding carboxylic acids is 2. The molecule has 0 bridgehead atoms. The minimum atomic E-state index is -0.581. The molecule has 3 rings (SSSR count). The van der Waals surface area contributed by atoms with Gasteiger partial charge in [0.05, 0.1) is 12.5 Å². The van der Waals surface area contributed by atoms with Gasteiger partial charge >= 0.3 is 5.97 Å². The lowest BCUT2D eigenvalue weighted by Gasteiger charge is -2.38. The number of nitrogens with zero attached hydrogens (tertiary/aromatic N) is 1. The van der Waals surface area contributed by atoms with Crippen molar-refractivity contribution in [3.63, 3.8) is 0 Å². The average molecular weight is 384 g/mol. The molecular weight excluding hydrogens is 356 g/mol. The van der Waals surface area contributed by atoms with Gasteiger partial charge in [0.15, 0.2) is 5.78 Å². The number of carbonyl (C=O) groups is 2. The van der Waals surface area contributed by atoms with Gasteiger partial charge in [0.1, 0.15) is 11.3 Å². The van der Waals surface area contributed by atoms with E-state index in [0.29, 0.717) is 24.2 Å². The lowest BCUT2D eigenvalue weighted by Crippen LogP contribution is -2.35. The average Bonchev–Trinajstić information content (AvgIpc) is 2.59. The normalized spacial score (nSPS) is 21.2. The zero-order chi connectivity index (χ0) is 20.6. The standard InChI is InChI=1S/C22H28N2O4/c1-6-27-21(26)19-17(13-7-9-14(10-8-13)24(4)5)18-15(25)11-22(2,3)12-16(18)28-20(19)23/h7-10,17H,6,11-12,23H2,1-5H3/t17-/m1/s1. The van der Waals surface area contributed by atoms with E-state index in [2.05, 4.69) is 0 Å². The quantitative estimate of drug-likeness (QED) is 0.803. The van der Waals surface area contributed by atoms with Crippen molar-refractivity contribution in [2.24, 2.45) is 11.1 Å². The van der Waals surface area contributed by atoms with Crippen LogP contribution in [0.25, 0.3) is 0 Å². The van der Waals surface area contributed by atoms with Crippen molar-refractivity contribution in [1.29, 1.82) is 0 Å². The summed E-state index contributed by atoms with van der Waals surface area (Å²) >= 11 is 0. The van der Waals surface area contributed by atoms with E-state index in [-0.39, 0.29) is 29.3 Å². The molecule has 6 heteroatoms. The first-order chi connectivity index (χ1) is 13.1. The van der Waals surface area contributed by atoms with Gasteiger partial charge < -0.3 is 20.1 Å². The molecule has 0 spiro atoms. The van der Waals surface area contributed by atoms with E-state index in [4.69, 9.17) is 15.2 Å². The zero-order valence-corrected chi connectivity index (χ0v) is 17.2. The molecule has 0 unspecified atom stereocenters. The van der Waals surface area contributed by atoms with Gasteiger partial charge in [0.25, 0.3) is 0 Å². The van der Waals surface area contributed by atoms with Gasteiger partial charge in [-0.05, 0) is 30.0 Å². The van der Waals surface area contributed by atoms with Crippen LogP contribution in [-0.2, 0) is 19.1 Å². The van der Waals surface area contributed by atoms with Crippen molar-refractivity contribution in [3.8, 4) is 0 Å². The highest BCUT2D eigenvalue weighted by molar-refractivity contribution is 6.03. The van der Waals surface area contributed by atoms with Crippen LogP contribution in [-0.4, -0.2) is 32.5 Å². The van der Waals surface area contributed by atoms with Gasteiger partial charge in [0.2, 0.25) is 5.88 Å². The van der Waals surface area contributed by atoms with Crippen LogP contribution in [0, 0.1) is 5.41 Å². The second-order valence-electron chi connectivity index (χ2n) is 8.30. The predicted molar refractivity (Wildman–Crippen MR) is 107 cm³/mol. The zero-order valence-electron chi connectivity index (χ0n) is 17.2. The number of esters is 1. The van der Waals surface area contributed by atoms with Crippen molar-refractivity contribution in [2.45, 2.75) is 39.5 Å². The summed E-state index contributed by atoms with van der Waals surface area (Å²) in [6.45, 7) is 6.01. The molecule has 1 aromatic carbocycles. The number of hydrogen-bond donors (Lipinski definition) is 1. The minimum absolute atomic E-state index is 0.0118. The van der Waals surface area contributed by atoms with Gasteiger partial charge in [-0.2, -0.15) is 0 Å². The van der Waals surface area contributed by atoms with Crippen LogP contribution in [0.5, 0.6) is 0 Å². The summed E-state index contributed by atoms with van der Waals surface area (Å²) in [5.41, 5.74) is 8.51. The predicted octanol–water partition coefficient (Wildman–Crippen LogP) is 3.24. The molecule has 2 aliphatic rings. The summed E-state index contributed by atoms with van der Waals surface area (Å²) < 4.78 is 11.0. The molecule has 2 N–H and O–H groups in total. The summed E-state index contributed by atoms with van der Waals surface area (Å²) in [7, 11) is 3.91. The summed E-state index contributed by atoms with van der Waals surface area (Å²) in [5.74, 6) is -0.561. The molecular formula is C22H28N2O4. The molecule has 1 aliphatic heterocycles. The number of allylic oxidation sites excluding steroid dienone is 2. The first-order valence-corrected chi connectivity index (χ1v) is 9.52. The number of rotatable bonds is 4. The first kappa shape index (κ1) is 20.0. The van der Waals surface area contributed by atoms with Crippen LogP contribution in [0.2, 0.25) is 0 Å². The minimum Gasteiger partial charge on any atom is -0.462 e. The van der Waals surface area contributed by atoms with Crippen LogP contribution >= 0.6 is 0 Å². The number of anilines is 1. The van der Waals surface area contributed by atoms with E-state index in [1.54, 1.807) is 6.92 Å². The molecule has 1 heterocycles. The summed E-state index contributed by atoms with van der Waals surface area (Å²) in [6, 6.07) is 7.77. The third-order valence-corrected chi connectivity index (χ3v) is 5.19. The Labute approximate surface area is 166 Å². The smallest absolute Gasteiger partial charge is 0.340 e. The number of benzene rings is 1.